The SMILES string of the molecule is CSc1nccc(N2CCCN(C(=O)c3oc(C)nc3C)CC2)n1.O=CO. The summed E-state index contributed by atoms with van der Waals surface area (Å²) in [5, 5.41) is 7.65. The third-order valence-corrected chi connectivity index (χ3v) is 4.57. The molecule has 0 radical (unpaired) electrons. The molecule has 146 valence electrons. The molecule has 0 saturated carbocycles. The number of carbonyl (C=O) groups is 2. The molecule has 3 heterocycles. The van der Waals surface area contributed by atoms with Gasteiger partial charge in [0.15, 0.2) is 11.0 Å². The molecular weight excluding hydrogens is 370 g/mol. The van der Waals surface area contributed by atoms with Gasteiger partial charge < -0.3 is 19.3 Å². The number of carbonyl (C=O) groups excluding carboxylic acids is 1. The molecule has 0 aliphatic carbocycles. The Hall–Kier alpha value is -2.62. The lowest BCUT2D eigenvalue weighted by atomic mass is 10.3. The number of oxazole rings is 1. The van der Waals surface area contributed by atoms with Crippen molar-refractivity contribution in [1.82, 2.24) is 19.9 Å². The van der Waals surface area contributed by atoms with Gasteiger partial charge in [-0.15, -0.1) is 0 Å². The van der Waals surface area contributed by atoms with E-state index in [0.717, 1.165) is 30.5 Å². The Labute approximate surface area is 161 Å². The Morgan fingerprint density at radius 3 is 2.63 bits per heavy atom. The summed E-state index contributed by atoms with van der Waals surface area (Å²) in [6, 6.07) is 1.92. The van der Waals surface area contributed by atoms with Crippen LogP contribution < -0.4 is 4.90 Å². The summed E-state index contributed by atoms with van der Waals surface area (Å²) in [4.78, 5) is 38.0. The standard InChI is InChI=1S/C16H21N5O2S.CH2O2/c1-11-14(23-12(2)18-11)15(22)21-8-4-7-20(9-10-21)13-5-6-17-16(19-13)24-3;2-1-3/h5-6H,4,7-10H2,1-3H3;1H,(H,2,3). The fraction of sp³-hybridized carbons (Fsp3) is 0.471. The maximum atomic E-state index is 12.7. The molecular formula is C17H23N5O4S. The van der Waals surface area contributed by atoms with Crippen molar-refractivity contribution in [2.24, 2.45) is 0 Å². The van der Waals surface area contributed by atoms with Gasteiger partial charge >= 0.3 is 0 Å². The molecule has 1 fully saturated rings. The number of thioether (sulfide) groups is 1. The summed E-state index contributed by atoms with van der Waals surface area (Å²) in [5.41, 5.74) is 0.652. The average Bonchev–Trinajstić information content (AvgIpc) is 2.86. The van der Waals surface area contributed by atoms with Gasteiger partial charge in [0.2, 0.25) is 5.76 Å². The first kappa shape index (κ1) is 20.7. The van der Waals surface area contributed by atoms with Gasteiger partial charge in [-0.25, -0.2) is 15.0 Å². The van der Waals surface area contributed by atoms with E-state index in [0.29, 0.717) is 30.4 Å². The number of hydrogen-bond acceptors (Lipinski definition) is 8. The van der Waals surface area contributed by atoms with E-state index in [-0.39, 0.29) is 12.4 Å². The fourth-order valence-corrected chi connectivity index (χ4v) is 3.18. The lowest BCUT2D eigenvalue weighted by Gasteiger charge is -2.22. The zero-order valence-electron chi connectivity index (χ0n) is 15.6. The summed E-state index contributed by atoms with van der Waals surface area (Å²) in [5.74, 6) is 1.71. The van der Waals surface area contributed by atoms with Gasteiger partial charge in [-0.1, -0.05) is 11.8 Å². The summed E-state index contributed by atoms with van der Waals surface area (Å²) in [6.45, 7) is 6.25. The van der Waals surface area contributed by atoms with Crippen LogP contribution in [0.1, 0.15) is 28.6 Å². The molecule has 1 aliphatic heterocycles. The van der Waals surface area contributed by atoms with E-state index in [2.05, 4.69) is 19.9 Å². The van der Waals surface area contributed by atoms with Gasteiger partial charge in [0.1, 0.15) is 5.82 Å². The highest BCUT2D eigenvalue weighted by atomic mass is 32.2. The minimum atomic E-state index is -0.250. The lowest BCUT2D eigenvalue weighted by Crippen LogP contribution is -2.35. The first-order valence-electron chi connectivity index (χ1n) is 8.43. The highest BCUT2D eigenvalue weighted by Crippen LogP contribution is 2.18. The topological polar surface area (TPSA) is 113 Å². The largest absolute Gasteiger partial charge is 0.483 e. The van der Waals surface area contributed by atoms with E-state index in [1.807, 2.05) is 17.2 Å². The second-order valence-electron chi connectivity index (χ2n) is 5.79. The number of nitrogens with zero attached hydrogens (tertiary/aromatic N) is 5. The number of amides is 1. The van der Waals surface area contributed by atoms with E-state index < -0.39 is 0 Å². The molecule has 0 aromatic carbocycles. The Bertz CT molecular complexity index is 782. The van der Waals surface area contributed by atoms with Crippen molar-refractivity contribution in [3.63, 3.8) is 0 Å². The number of aromatic nitrogens is 3. The van der Waals surface area contributed by atoms with Crippen LogP contribution in [0.3, 0.4) is 0 Å². The van der Waals surface area contributed by atoms with Crippen LogP contribution in [0.25, 0.3) is 0 Å². The third kappa shape index (κ3) is 5.43. The van der Waals surface area contributed by atoms with Crippen LogP contribution in [0.5, 0.6) is 0 Å². The zero-order valence-corrected chi connectivity index (χ0v) is 16.4. The second kappa shape index (κ2) is 9.91. The Morgan fingerprint density at radius 1 is 1.26 bits per heavy atom. The van der Waals surface area contributed by atoms with E-state index in [4.69, 9.17) is 14.3 Å². The quantitative estimate of drug-likeness (QED) is 0.474. The average molecular weight is 393 g/mol. The van der Waals surface area contributed by atoms with Crippen molar-refractivity contribution in [3.8, 4) is 0 Å². The molecule has 1 saturated heterocycles. The van der Waals surface area contributed by atoms with Gasteiger partial charge in [0.05, 0.1) is 5.69 Å². The number of anilines is 1. The molecule has 2 aromatic rings. The van der Waals surface area contributed by atoms with Gasteiger partial charge in [0.25, 0.3) is 12.4 Å². The summed E-state index contributed by atoms with van der Waals surface area (Å²) in [6.07, 6.45) is 4.63. The summed E-state index contributed by atoms with van der Waals surface area (Å²) < 4.78 is 5.47. The molecule has 1 N–H and O–H groups in total. The molecule has 9 nitrogen and oxygen atoms in total. The predicted molar refractivity (Wildman–Crippen MR) is 101 cm³/mol. The second-order valence-corrected chi connectivity index (χ2v) is 6.56. The number of carboxylic acid groups (broad SMARTS) is 1. The maximum absolute atomic E-state index is 12.7. The van der Waals surface area contributed by atoms with E-state index >= 15 is 0 Å². The van der Waals surface area contributed by atoms with Gasteiger partial charge in [-0.2, -0.15) is 0 Å². The minimum absolute atomic E-state index is 0.0811. The molecule has 27 heavy (non-hydrogen) atoms. The fourth-order valence-electron chi connectivity index (χ4n) is 2.83. The van der Waals surface area contributed by atoms with E-state index in [1.165, 1.54) is 11.8 Å². The molecule has 10 heteroatoms. The van der Waals surface area contributed by atoms with Crippen LogP contribution in [0, 0.1) is 13.8 Å². The molecule has 2 aromatic heterocycles. The van der Waals surface area contributed by atoms with Crippen molar-refractivity contribution >= 4 is 30.0 Å². The number of aryl methyl sites for hydroxylation is 2. The van der Waals surface area contributed by atoms with Crippen LogP contribution in [-0.4, -0.2) is 69.8 Å². The molecule has 1 amide bonds. The lowest BCUT2D eigenvalue weighted by molar-refractivity contribution is -0.122. The van der Waals surface area contributed by atoms with Gasteiger partial charge in [-0.3, -0.25) is 9.59 Å². The third-order valence-electron chi connectivity index (χ3n) is 4.01. The molecule has 0 spiro atoms. The monoisotopic (exact) mass is 393 g/mol. The highest BCUT2D eigenvalue weighted by molar-refractivity contribution is 7.98. The van der Waals surface area contributed by atoms with Crippen LogP contribution in [0.2, 0.25) is 0 Å². The van der Waals surface area contributed by atoms with Crippen molar-refractivity contribution < 1.29 is 19.1 Å². The molecule has 1 aliphatic rings. The van der Waals surface area contributed by atoms with Crippen LogP contribution >= 0.6 is 11.8 Å². The molecule has 0 bridgehead atoms. The first-order chi connectivity index (χ1) is 13.0. The summed E-state index contributed by atoms with van der Waals surface area (Å²) in [7, 11) is 0. The first-order valence-corrected chi connectivity index (χ1v) is 9.65. The van der Waals surface area contributed by atoms with Crippen molar-refractivity contribution in [2.75, 3.05) is 37.3 Å². The normalized spacial score (nSPS) is 14.2. The molecule has 0 atom stereocenters. The van der Waals surface area contributed by atoms with E-state index in [1.54, 1.807) is 20.0 Å². The Balaban J connectivity index is 0.000000817. The van der Waals surface area contributed by atoms with E-state index in [9.17, 15) is 4.79 Å². The highest BCUT2D eigenvalue weighted by Gasteiger charge is 2.25. The van der Waals surface area contributed by atoms with Crippen molar-refractivity contribution in [3.05, 3.63) is 29.6 Å². The van der Waals surface area contributed by atoms with Crippen molar-refractivity contribution in [2.45, 2.75) is 25.4 Å². The van der Waals surface area contributed by atoms with Crippen LogP contribution in [-0.2, 0) is 4.79 Å². The molecule has 3 rings (SSSR count). The number of rotatable bonds is 3. The summed E-state index contributed by atoms with van der Waals surface area (Å²) >= 11 is 1.53. The zero-order chi connectivity index (χ0) is 19.8. The molecule has 0 unspecified atom stereocenters. The van der Waals surface area contributed by atoms with Gasteiger partial charge in [-0.05, 0) is 25.7 Å². The van der Waals surface area contributed by atoms with Crippen molar-refractivity contribution in [1.29, 1.82) is 0 Å². The predicted octanol–water partition coefficient (Wildman–Crippen LogP) is 1.86. The Kier molecular flexibility index (Phi) is 7.59. The smallest absolute Gasteiger partial charge is 0.291 e. The minimum Gasteiger partial charge on any atom is -0.483 e. The Morgan fingerprint density at radius 2 is 2.00 bits per heavy atom. The van der Waals surface area contributed by atoms with Crippen LogP contribution in [0.15, 0.2) is 21.8 Å². The number of hydrogen-bond donors (Lipinski definition) is 1. The van der Waals surface area contributed by atoms with Gasteiger partial charge in [0, 0.05) is 39.3 Å². The van der Waals surface area contributed by atoms with Crippen LogP contribution in [0.4, 0.5) is 5.82 Å². The maximum Gasteiger partial charge on any atom is 0.291 e.